The Labute approximate surface area is 117 Å². The lowest BCUT2D eigenvalue weighted by Crippen LogP contribution is -2.29. The molecule has 2 N–H and O–H groups in total. The number of hydrogen-bond acceptors (Lipinski definition) is 5. The van der Waals surface area contributed by atoms with Gasteiger partial charge in [0.25, 0.3) is 5.69 Å². The average molecular weight is 298 g/mol. The van der Waals surface area contributed by atoms with Crippen molar-refractivity contribution in [1.29, 1.82) is 0 Å². The van der Waals surface area contributed by atoms with Gasteiger partial charge in [0.15, 0.2) is 0 Å². The minimum absolute atomic E-state index is 0.00233. The first kappa shape index (κ1) is 14.4. The van der Waals surface area contributed by atoms with Gasteiger partial charge in [-0.2, -0.15) is 0 Å². The van der Waals surface area contributed by atoms with Crippen LogP contribution in [0.5, 0.6) is 0 Å². The van der Waals surface area contributed by atoms with E-state index in [1.54, 1.807) is 0 Å². The number of nitro benzene ring substituents is 1. The van der Waals surface area contributed by atoms with E-state index in [0.717, 1.165) is 0 Å². The predicted molar refractivity (Wildman–Crippen MR) is 74.6 cm³/mol. The number of nitrogens with zero attached hydrogens (tertiary/aromatic N) is 1. The smallest absolute Gasteiger partial charge is 0.335 e. The zero-order chi connectivity index (χ0) is 14.7. The average Bonchev–Trinajstić information content (AvgIpc) is 2.41. The summed E-state index contributed by atoms with van der Waals surface area (Å²) in [7, 11) is -0.813. The van der Waals surface area contributed by atoms with Crippen LogP contribution in [0.15, 0.2) is 18.2 Å². The highest BCUT2D eigenvalue weighted by Gasteiger charge is 2.22. The maximum absolute atomic E-state index is 11.3. The van der Waals surface area contributed by atoms with Crippen LogP contribution in [-0.4, -0.2) is 37.8 Å². The summed E-state index contributed by atoms with van der Waals surface area (Å²) in [6.07, 6.45) is 1.31. The van der Waals surface area contributed by atoms with Crippen molar-refractivity contribution >= 4 is 28.1 Å². The predicted octanol–water partition coefficient (Wildman–Crippen LogP) is 1.62. The Balaban J connectivity index is 2.23. The molecule has 8 heteroatoms. The molecule has 20 heavy (non-hydrogen) atoms. The molecule has 108 valence electrons. The molecule has 0 spiro atoms. The third-order valence-corrected chi connectivity index (χ3v) is 4.57. The maximum Gasteiger partial charge on any atom is 0.335 e. The molecule has 7 nitrogen and oxygen atoms in total. The zero-order valence-electron chi connectivity index (χ0n) is 10.6. The number of nitro groups is 1. The van der Waals surface area contributed by atoms with Crippen LogP contribution in [0.4, 0.5) is 11.4 Å². The van der Waals surface area contributed by atoms with Crippen LogP contribution in [0, 0.1) is 10.1 Å². The molecule has 1 aliphatic heterocycles. The summed E-state index contributed by atoms with van der Waals surface area (Å²) >= 11 is 0. The third kappa shape index (κ3) is 3.32. The number of rotatable bonds is 4. The molecule has 0 radical (unpaired) electrons. The van der Waals surface area contributed by atoms with Gasteiger partial charge in [0.05, 0.1) is 10.5 Å². The van der Waals surface area contributed by atoms with Crippen molar-refractivity contribution in [2.24, 2.45) is 0 Å². The van der Waals surface area contributed by atoms with Gasteiger partial charge in [-0.3, -0.25) is 14.3 Å². The number of carbonyl (C=O) groups is 1. The first-order valence-electron chi connectivity index (χ1n) is 6.10. The summed E-state index contributed by atoms with van der Waals surface area (Å²) < 4.78 is 11.3. The number of nitrogens with one attached hydrogen (secondary N) is 1. The van der Waals surface area contributed by atoms with E-state index in [-0.39, 0.29) is 23.0 Å². The summed E-state index contributed by atoms with van der Waals surface area (Å²) in [4.78, 5) is 21.4. The van der Waals surface area contributed by atoms with E-state index in [0.29, 0.717) is 24.3 Å². The van der Waals surface area contributed by atoms with Crippen LogP contribution < -0.4 is 5.32 Å². The van der Waals surface area contributed by atoms with Crippen LogP contribution in [0.1, 0.15) is 23.2 Å². The molecule has 0 aromatic heterocycles. The molecule has 0 unspecified atom stereocenters. The number of benzene rings is 1. The Bertz CT molecular complexity index is 565. The Kier molecular flexibility index (Phi) is 4.33. The first-order chi connectivity index (χ1) is 9.47. The van der Waals surface area contributed by atoms with Crippen molar-refractivity contribution in [2.75, 3.05) is 16.8 Å². The summed E-state index contributed by atoms with van der Waals surface area (Å²) in [6.45, 7) is 0. The van der Waals surface area contributed by atoms with E-state index in [1.807, 2.05) is 0 Å². The molecular formula is C12H14N2O5S. The molecule has 0 aliphatic carbocycles. The van der Waals surface area contributed by atoms with E-state index in [2.05, 4.69) is 5.32 Å². The van der Waals surface area contributed by atoms with E-state index in [4.69, 9.17) is 5.11 Å². The van der Waals surface area contributed by atoms with Gasteiger partial charge in [-0.05, 0) is 25.0 Å². The van der Waals surface area contributed by atoms with Gasteiger partial charge in [-0.15, -0.1) is 0 Å². The van der Waals surface area contributed by atoms with Gasteiger partial charge in [-0.25, -0.2) is 4.79 Å². The summed E-state index contributed by atoms with van der Waals surface area (Å²) in [5.41, 5.74) is 0.0479. The molecular weight excluding hydrogens is 284 g/mol. The lowest BCUT2D eigenvalue weighted by atomic mass is 10.1. The zero-order valence-corrected chi connectivity index (χ0v) is 11.4. The fraction of sp³-hybridized carbons (Fsp3) is 0.417. The second-order valence-corrected chi connectivity index (χ2v) is 6.26. The number of anilines is 1. The highest BCUT2D eigenvalue weighted by molar-refractivity contribution is 7.85. The van der Waals surface area contributed by atoms with Gasteiger partial charge < -0.3 is 10.4 Å². The molecule has 1 aromatic rings. The number of carboxylic acids is 1. The summed E-state index contributed by atoms with van der Waals surface area (Å²) in [5, 5.41) is 22.9. The van der Waals surface area contributed by atoms with Gasteiger partial charge in [0, 0.05) is 34.4 Å². The monoisotopic (exact) mass is 298 g/mol. The Morgan fingerprint density at radius 2 is 2.05 bits per heavy atom. The third-order valence-electron chi connectivity index (χ3n) is 3.19. The van der Waals surface area contributed by atoms with Crippen molar-refractivity contribution in [3.63, 3.8) is 0 Å². The van der Waals surface area contributed by atoms with E-state index in [9.17, 15) is 19.1 Å². The van der Waals surface area contributed by atoms with E-state index >= 15 is 0 Å². The fourth-order valence-corrected chi connectivity index (χ4v) is 3.40. The largest absolute Gasteiger partial charge is 0.478 e. The lowest BCUT2D eigenvalue weighted by Gasteiger charge is -2.23. The summed E-state index contributed by atoms with van der Waals surface area (Å²) in [5.74, 6) is -0.0125. The van der Waals surface area contributed by atoms with Crippen LogP contribution in [0.3, 0.4) is 0 Å². The van der Waals surface area contributed by atoms with Crippen molar-refractivity contribution in [1.82, 2.24) is 0 Å². The Morgan fingerprint density at radius 3 is 2.60 bits per heavy atom. The maximum atomic E-state index is 11.3. The summed E-state index contributed by atoms with van der Waals surface area (Å²) in [6, 6.07) is 3.65. The van der Waals surface area contributed by atoms with Crippen molar-refractivity contribution in [2.45, 2.75) is 18.9 Å². The normalized spacial score (nSPS) is 22.2. The topological polar surface area (TPSA) is 110 Å². The van der Waals surface area contributed by atoms with Gasteiger partial charge in [-0.1, -0.05) is 0 Å². The number of carboxylic acid groups (broad SMARTS) is 1. The molecule has 0 atom stereocenters. The molecule has 0 bridgehead atoms. The fourth-order valence-electron chi connectivity index (χ4n) is 2.10. The van der Waals surface area contributed by atoms with Gasteiger partial charge in [0.2, 0.25) is 0 Å². The van der Waals surface area contributed by atoms with Crippen molar-refractivity contribution in [3.05, 3.63) is 33.9 Å². The number of aromatic carboxylic acids is 1. The first-order valence-corrected chi connectivity index (χ1v) is 7.59. The van der Waals surface area contributed by atoms with Crippen LogP contribution in [0.2, 0.25) is 0 Å². The van der Waals surface area contributed by atoms with Crippen LogP contribution >= 0.6 is 0 Å². The molecule has 1 fully saturated rings. The molecule has 1 heterocycles. The lowest BCUT2D eigenvalue weighted by molar-refractivity contribution is -0.384. The SMILES string of the molecule is O=C(O)c1ccc([N+](=O)[O-])c(NC2CCS(=O)CC2)c1. The number of hydrogen-bond donors (Lipinski definition) is 2. The molecule has 0 amide bonds. The minimum atomic E-state index is -1.13. The highest BCUT2D eigenvalue weighted by atomic mass is 32.2. The van der Waals surface area contributed by atoms with E-state index in [1.165, 1.54) is 18.2 Å². The molecule has 0 saturated carbocycles. The standard InChI is InChI=1S/C12H14N2O5S/c15-12(16)8-1-2-11(14(17)18)10(7-8)13-9-3-5-20(19)6-4-9/h1-2,7,9,13H,3-6H2,(H,15,16). The van der Waals surface area contributed by atoms with E-state index < -0.39 is 21.7 Å². The van der Waals surface area contributed by atoms with Crippen molar-refractivity contribution in [3.8, 4) is 0 Å². The minimum Gasteiger partial charge on any atom is -0.478 e. The van der Waals surface area contributed by atoms with Crippen LogP contribution in [0.25, 0.3) is 0 Å². The van der Waals surface area contributed by atoms with Crippen molar-refractivity contribution < 1.29 is 19.0 Å². The second-order valence-electron chi connectivity index (χ2n) is 4.56. The molecule has 2 rings (SSSR count). The quantitative estimate of drug-likeness (QED) is 0.645. The highest BCUT2D eigenvalue weighted by Crippen LogP contribution is 2.28. The molecule has 1 aromatic carbocycles. The molecule has 1 saturated heterocycles. The molecule has 1 aliphatic rings. The van der Waals surface area contributed by atoms with Gasteiger partial charge >= 0.3 is 5.97 Å². The Hall–Kier alpha value is -1.96. The second kappa shape index (κ2) is 6.00. The van der Waals surface area contributed by atoms with Gasteiger partial charge in [0.1, 0.15) is 5.69 Å². The van der Waals surface area contributed by atoms with Crippen LogP contribution in [-0.2, 0) is 10.8 Å². The Morgan fingerprint density at radius 1 is 1.40 bits per heavy atom.